The molecule has 0 aromatic heterocycles. The van der Waals surface area contributed by atoms with Crippen molar-refractivity contribution in [3.05, 3.63) is 66.2 Å². The molecule has 1 N–H and O–H groups in total. The zero-order chi connectivity index (χ0) is 23.3. The quantitative estimate of drug-likeness (QED) is 0.663. The van der Waals surface area contributed by atoms with Gasteiger partial charge in [0.05, 0.1) is 6.61 Å². The van der Waals surface area contributed by atoms with Crippen LogP contribution >= 0.6 is 7.37 Å². The van der Waals surface area contributed by atoms with E-state index < -0.39 is 49.1 Å². The van der Waals surface area contributed by atoms with Crippen LogP contribution in [0.1, 0.15) is 33.3 Å². The van der Waals surface area contributed by atoms with Gasteiger partial charge in [-0.15, -0.1) is 0 Å². The summed E-state index contributed by atoms with van der Waals surface area (Å²) in [4.78, 5) is 0. The molecule has 7 nitrogen and oxygen atoms in total. The van der Waals surface area contributed by atoms with E-state index in [1.807, 2.05) is 88.4 Å². The van der Waals surface area contributed by atoms with Crippen LogP contribution in [0.2, 0.25) is 0 Å². The van der Waals surface area contributed by atoms with Gasteiger partial charge in [-0.3, -0.25) is 9.88 Å². The first-order valence-electron chi connectivity index (χ1n) is 11.5. The predicted octanol–water partition coefficient (Wildman–Crippen LogP) is 3.78. The Balaban J connectivity index is 1.53. The van der Waals surface area contributed by atoms with Crippen LogP contribution in [0, 0.1) is 0 Å². The molecule has 0 unspecified atom stereocenters. The maximum atomic E-state index is 14.8. The summed E-state index contributed by atoms with van der Waals surface area (Å²) in [5, 5.41) is 4.14. The van der Waals surface area contributed by atoms with Crippen molar-refractivity contribution in [2.75, 3.05) is 6.61 Å². The number of benzene rings is 2. The minimum atomic E-state index is -3.44. The van der Waals surface area contributed by atoms with Crippen molar-refractivity contribution in [2.24, 2.45) is 0 Å². The summed E-state index contributed by atoms with van der Waals surface area (Å²) >= 11 is 0. The molecule has 8 heteroatoms. The molecular weight excluding hydrogens is 441 g/mol. The molecule has 3 aliphatic rings. The summed E-state index contributed by atoms with van der Waals surface area (Å²) in [5.74, 6) is -2.17. The van der Waals surface area contributed by atoms with Gasteiger partial charge in [0.2, 0.25) is 0 Å². The van der Waals surface area contributed by atoms with Crippen molar-refractivity contribution in [2.45, 2.75) is 76.0 Å². The molecule has 0 bridgehead atoms. The molecule has 0 spiro atoms. The van der Waals surface area contributed by atoms with Crippen LogP contribution in [0.15, 0.2) is 60.7 Å². The molecule has 0 radical (unpaired) electrons. The number of hydrogen-bond acceptors (Lipinski definition) is 7. The van der Waals surface area contributed by atoms with Crippen LogP contribution in [0.25, 0.3) is 0 Å². The Morgan fingerprint density at radius 3 is 2.12 bits per heavy atom. The molecule has 178 valence electrons. The molecule has 0 aliphatic carbocycles. The zero-order valence-corrected chi connectivity index (χ0v) is 20.4. The summed E-state index contributed by atoms with van der Waals surface area (Å²) in [7, 11) is -3.44. The van der Waals surface area contributed by atoms with Gasteiger partial charge in [0.1, 0.15) is 30.2 Å². The van der Waals surface area contributed by atoms with Gasteiger partial charge in [-0.1, -0.05) is 48.5 Å². The maximum absolute atomic E-state index is 14.8. The number of rotatable bonds is 5. The molecule has 6 atom stereocenters. The van der Waals surface area contributed by atoms with E-state index in [0.29, 0.717) is 18.5 Å². The molecule has 3 heterocycles. The van der Waals surface area contributed by atoms with Crippen LogP contribution in [-0.4, -0.2) is 48.4 Å². The second kappa shape index (κ2) is 8.58. The second-order valence-electron chi connectivity index (χ2n) is 9.75. The number of hydrogen-bond donors (Lipinski definition) is 1. The van der Waals surface area contributed by atoms with Crippen molar-refractivity contribution in [3.8, 4) is 0 Å². The lowest BCUT2D eigenvalue weighted by Crippen LogP contribution is -2.58. The van der Waals surface area contributed by atoms with E-state index in [-0.39, 0.29) is 0 Å². The van der Waals surface area contributed by atoms with Crippen molar-refractivity contribution in [1.29, 1.82) is 0 Å². The van der Waals surface area contributed by atoms with Gasteiger partial charge in [-0.2, -0.15) is 0 Å². The first-order chi connectivity index (χ1) is 15.7. The predicted molar refractivity (Wildman–Crippen MR) is 124 cm³/mol. The molecule has 33 heavy (non-hydrogen) atoms. The van der Waals surface area contributed by atoms with E-state index in [0.717, 1.165) is 5.56 Å². The molecular formula is C25H32NO6P. The summed E-state index contributed by atoms with van der Waals surface area (Å²) in [6.45, 7) is 8.34. The van der Waals surface area contributed by atoms with Gasteiger partial charge < -0.3 is 23.5 Å². The highest BCUT2D eigenvalue weighted by molar-refractivity contribution is 7.67. The van der Waals surface area contributed by atoms with E-state index in [2.05, 4.69) is 5.32 Å². The standard InChI is InChI=1S/C25H32NO6P/c1-24(2)28-16-19(29-24)20-21-22(31-25(3,4)30-21)23(26-15-17-11-7-5-8-12-17)33(27,32-20)18-13-9-6-10-14-18/h5-14,19-23,26H,15-16H2,1-4H3/t19-,20-,21+,22+,23+,33+/m1/s1. The van der Waals surface area contributed by atoms with Crippen molar-refractivity contribution in [1.82, 2.24) is 5.32 Å². The van der Waals surface area contributed by atoms with E-state index in [9.17, 15) is 4.57 Å². The summed E-state index contributed by atoms with van der Waals surface area (Å²) in [5.41, 5.74) is 1.09. The van der Waals surface area contributed by atoms with Gasteiger partial charge >= 0.3 is 0 Å². The molecule has 2 aromatic carbocycles. The molecule has 0 amide bonds. The molecule has 3 aliphatic heterocycles. The smallest absolute Gasteiger partial charge is 0.251 e. The van der Waals surface area contributed by atoms with Crippen LogP contribution in [0.5, 0.6) is 0 Å². The number of nitrogens with one attached hydrogen (secondary N) is 1. The number of fused-ring (bicyclic) bond motifs is 1. The molecule has 3 saturated heterocycles. The fourth-order valence-electron chi connectivity index (χ4n) is 4.88. The lowest BCUT2D eigenvalue weighted by Gasteiger charge is -2.44. The largest absolute Gasteiger partial charge is 0.348 e. The molecule has 0 saturated carbocycles. The van der Waals surface area contributed by atoms with Crippen molar-refractivity contribution < 1.29 is 28.0 Å². The molecule has 2 aromatic rings. The van der Waals surface area contributed by atoms with Crippen molar-refractivity contribution >= 4 is 12.7 Å². The highest BCUT2D eigenvalue weighted by Gasteiger charge is 2.62. The Hall–Kier alpha value is -1.57. The highest BCUT2D eigenvalue weighted by Crippen LogP contribution is 2.60. The van der Waals surface area contributed by atoms with Gasteiger partial charge in [-0.25, -0.2) is 0 Å². The Labute approximate surface area is 195 Å². The minimum Gasteiger partial charge on any atom is -0.348 e. The van der Waals surface area contributed by atoms with E-state index in [4.69, 9.17) is 23.5 Å². The first-order valence-corrected chi connectivity index (χ1v) is 13.1. The average molecular weight is 474 g/mol. The topological polar surface area (TPSA) is 75.3 Å². The zero-order valence-electron chi connectivity index (χ0n) is 19.5. The normalized spacial score (nSPS) is 37.0. The van der Waals surface area contributed by atoms with Crippen LogP contribution in [-0.2, 0) is 34.6 Å². The first kappa shape index (κ1) is 23.2. The fourth-order valence-corrected chi connectivity index (χ4v) is 7.61. The minimum absolute atomic E-state index is 0.335. The van der Waals surface area contributed by atoms with Gasteiger partial charge in [-0.05, 0) is 45.4 Å². The van der Waals surface area contributed by atoms with E-state index in [1.165, 1.54) is 0 Å². The van der Waals surface area contributed by atoms with Gasteiger partial charge in [0.25, 0.3) is 7.37 Å². The summed E-state index contributed by atoms with van der Waals surface area (Å²) < 4.78 is 45.9. The van der Waals surface area contributed by atoms with Crippen LogP contribution in [0.4, 0.5) is 0 Å². The maximum Gasteiger partial charge on any atom is 0.251 e. The second-order valence-corrected chi connectivity index (χ2v) is 12.2. The fraction of sp³-hybridized carbons (Fsp3) is 0.520. The molecule has 5 rings (SSSR count). The number of ether oxygens (including phenoxy) is 4. The third kappa shape index (κ3) is 4.56. The summed E-state index contributed by atoms with van der Waals surface area (Å²) in [6, 6.07) is 19.4. The van der Waals surface area contributed by atoms with Gasteiger partial charge in [0, 0.05) is 11.8 Å². The van der Waals surface area contributed by atoms with Gasteiger partial charge in [0.15, 0.2) is 11.6 Å². The summed E-state index contributed by atoms with van der Waals surface area (Å²) in [6.07, 6.45) is -1.96. The highest BCUT2D eigenvalue weighted by atomic mass is 31.2. The SMILES string of the molecule is CC1(C)O[C@@H]2[C@H](O1)[C@@H](NCc1ccccc1)[P@](=O)(c1ccccc1)O[C@@H]2[C@H]1COC(C)(C)O1. The Bertz CT molecular complexity index is 1010. The Morgan fingerprint density at radius 1 is 0.848 bits per heavy atom. The lowest BCUT2D eigenvalue weighted by atomic mass is 10.0. The monoisotopic (exact) mass is 473 g/mol. The van der Waals surface area contributed by atoms with Crippen molar-refractivity contribution in [3.63, 3.8) is 0 Å². The third-order valence-electron chi connectivity index (χ3n) is 6.31. The van der Waals surface area contributed by atoms with E-state index >= 15 is 0 Å². The Kier molecular flexibility index (Phi) is 6.03. The molecule has 3 fully saturated rings. The van der Waals surface area contributed by atoms with Crippen LogP contribution in [0.3, 0.4) is 0 Å². The van der Waals surface area contributed by atoms with Crippen LogP contribution < -0.4 is 10.6 Å². The third-order valence-corrected chi connectivity index (χ3v) is 9.10. The Morgan fingerprint density at radius 2 is 1.48 bits per heavy atom. The lowest BCUT2D eigenvalue weighted by molar-refractivity contribution is -0.174. The average Bonchev–Trinajstić information content (AvgIpc) is 3.31. The van der Waals surface area contributed by atoms with E-state index in [1.54, 1.807) is 0 Å².